The van der Waals surface area contributed by atoms with Crippen LogP contribution in [-0.2, 0) is 10.3 Å². The minimum absolute atomic E-state index is 0.0870. The number of ether oxygens (including phenoxy) is 1. The molecule has 1 aromatic rings. The van der Waals surface area contributed by atoms with Crippen LogP contribution in [0.25, 0.3) is 0 Å². The molecule has 4 nitrogen and oxygen atoms in total. The average molecular weight is 294 g/mol. The highest BCUT2D eigenvalue weighted by molar-refractivity contribution is 5.24. The summed E-state index contributed by atoms with van der Waals surface area (Å²) >= 11 is 0. The topological polar surface area (TPSA) is 44.7 Å². The summed E-state index contributed by atoms with van der Waals surface area (Å²) in [5.41, 5.74) is 0.743. The summed E-state index contributed by atoms with van der Waals surface area (Å²) in [6.07, 6.45) is 0.853. The van der Waals surface area contributed by atoms with E-state index < -0.39 is 0 Å². The van der Waals surface area contributed by atoms with Crippen LogP contribution in [0.4, 0.5) is 0 Å². The molecule has 21 heavy (non-hydrogen) atoms. The number of aliphatic hydroxyl groups excluding tert-OH is 1. The lowest BCUT2D eigenvalue weighted by Gasteiger charge is -2.36. The first-order chi connectivity index (χ1) is 10.1. The predicted octanol–water partition coefficient (Wildman–Crippen LogP) is 1.84. The highest BCUT2D eigenvalue weighted by atomic mass is 16.5. The van der Waals surface area contributed by atoms with Gasteiger partial charge >= 0.3 is 0 Å². The summed E-state index contributed by atoms with van der Waals surface area (Å²) in [5.74, 6) is 0. The molecule has 0 fully saturated rings. The Morgan fingerprint density at radius 1 is 1.24 bits per heavy atom. The van der Waals surface area contributed by atoms with Crippen LogP contribution in [0.3, 0.4) is 0 Å². The second-order valence-electron chi connectivity index (χ2n) is 5.73. The molecular formula is C17H30N2O2. The van der Waals surface area contributed by atoms with Crippen molar-refractivity contribution >= 4 is 0 Å². The van der Waals surface area contributed by atoms with Gasteiger partial charge < -0.3 is 15.2 Å². The van der Waals surface area contributed by atoms with E-state index in [0.29, 0.717) is 6.04 Å². The number of likely N-dealkylation sites (N-methyl/N-ethyl adjacent to an activating group) is 1. The Hall–Kier alpha value is -0.940. The molecule has 0 aliphatic heterocycles. The number of aliphatic hydroxyl groups is 1. The molecule has 0 aliphatic rings. The quantitative estimate of drug-likeness (QED) is 0.691. The largest absolute Gasteiger partial charge is 0.394 e. The van der Waals surface area contributed by atoms with Gasteiger partial charge in [0.2, 0.25) is 0 Å². The Kier molecular flexibility index (Phi) is 7.89. The number of methoxy groups -OCH3 is 1. The lowest BCUT2D eigenvalue weighted by Crippen LogP contribution is -2.47. The summed E-state index contributed by atoms with van der Waals surface area (Å²) in [6.45, 7) is 7.03. The van der Waals surface area contributed by atoms with Crippen LogP contribution in [0, 0.1) is 0 Å². The minimum atomic E-state index is -0.387. The van der Waals surface area contributed by atoms with Gasteiger partial charge in [-0.3, -0.25) is 4.90 Å². The number of hydrogen-bond donors (Lipinski definition) is 2. The van der Waals surface area contributed by atoms with Gasteiger partial charge in [0.15, 0.2) is 0 Å². The molecule has 1 atom stereocenters. The third-order valence-electron chi connectivity index (χ3n) is 4.21. The Labute approximate surface area is 129 Å². The van der Waals surface area contributed by atoms with E-state index in [-0.39, 0.29) is 12.1 Å². The van der Waals surface area contributed by atoms with Crippen molar-refractivity contribution in [3.8, 4) is 0 Å². The molecule has 0 heterocycles. The Bertz CT molecular complexity index is 378. The summed E-state index contributed by atoms with van der Waals surface area (Å²) < 4.78 is 5.19. The molecule has 0 aliphatic carbocycles. The van der Waals surface area contributed by atoms with Gasteiger partial charge in [-0.25, -0.2) is 0 Å². The SMILES string of the molecule is CNC(CO)(CCN(CCOC)C(C)C)c1ccccc1. The molecule has 0 aromatic heterocycles. The standard InChI is InChI=1S/C17H30N2O2/c1-15(2)19(12-13-21-4)11-10-17(14-20,18-3)16-8-6-5-7-9-16/h5-9,15,18,20H,10-14H2,1-4H3. The van der Waals surface area contributed by atoms with Gasteiger partial charge in [0.05, 0.1) is 18.8 Å². The maximum absolute atomic E-state index is 9.95. The van der Waals surface area contributed by atoms with Crippen molar-refractivity contribution in [3.05, 3.63) is 35.9 Å². The fourth-order valence-electron chi connectivity index (χ4n) is 2.59. The second-order valence-corrected chi connectivity index (χ2v) is 5.73. The van der Waals surface area contributed by atoms with Gasteiger partial charge in [0.1, 0.15) is 0 Å². The first-order valence-corrected chi connectivity index (χ1v) is 7.68. The number of nitrogens with zero attached hydrogens (tertiary/aromatic N) is 1. The van der Waals surface area contributed by atoms with Crippen molar-refractivity contribution in [2.75, 3.05) is 40.5 Å². The zero-order chi connectivity index (χ0) is 15.7. The molecule has 0 spiro atoms. The molecule has 1 aromatic carbocycles. The number of rotatable bonds is 10. The first-order valence-electron chi connectivity index (χ1n) is 7.68. The lowest BCUT2D eigenvalue weighted by molar-refractivity contribution is 0.102. The van der Waals surface area contributed by atoms with E-state index >= 15 is 0 Å². The van der Waals surface area contributed by atoms with Crippen LogP contribution in [0.1, 0.15) is 25.8 Å². The van der Waals surface area contributed by atoms with Crippen molar-refractivity contribution in [1.82, 2.24) is 10.2 Å². The highest BCUT2D eigenvalue weighted by Gasteiger charge is 2.30. The minimum Gasteiger partial charge on any atom is -0.394 e. The van der Waals surface area contributed by atoms with Gasteiger partial charge in [-0.1, -0.05) is 30.3 Å². The van der Waals surface area contributed by atoms with E-state index in [0.717, 1.165) is 31.7 Å². The van der Waals surface area contributed by atoms with Crippen LogP contribution >= 0.6 is 0 Å². The average Bonchev–Trinajstić information content (AvgIpc) is 2.52. The van der Waals surface area contributed by atoms with Crippen molar-refractivity contribution in [1.29, 1.82) is 0 Å². The zero-order valence-electron chi connectivity index (χ0n) is 13.8. The van der Waals surface area contributed by atoms with E-state index in [1.54, 1.807) is 7.11 Å². The molecule has 0 radical (unpaired) electrons. The van der Waals surface area contributed by atoms with E-state index in [9.17, 15) is 5.11 Å². The normalized spacial score (nSPS) is 14.6. The van der Waals surface area contributed by atoms with Gasteiger partial charge in [-0.2, -0.15) is 0 Å². The molecule has 0 bridgehead atoms. The van der Waals surface area contributed by atoms with E-state index in [1.165, 1.54) is 0 Å². The molecule has 120 valence electrons. The van der Waals surface area contributed by atoms with Crippen LogP contribution < -0.4 is 5.32 Å². The highest BCUT2D eigenvalue weighted by Crippen LogP contribution is 2.25. The van der Waals surface area contributed by atoms with Gasteiger partial charge in [0.25, 0.3) is 0 Å². The maximum Gasteiger partial charge on any atom is 0.0678 e. The van der Waals surface area contributed by atoms with Crippen molar-refractivity contribution in [3.63, 3.8) is 0 Å². The molecule has 4 heteroatoms. The van der Waals surface area contributed by atoms with Crippen LogP contribution in [0.5, 0.6) is 0 Å². The van der Waals surface area contributed by atoms with E-state index in [4.69, 9.17) is 4.74 Å². The van der Waals surface area contributed by atoms with Crippen LogP contribution in [0.15, 0.2) is 30.3 Å². The third kappa shape index (κ3) is 5.08. The predicted molar refractivity (Wildman–Crippen MR) is 87.5 cm³/mol. The monoisotopic (exact) mass is 294 g/mol. The fourth-order valence-corrected chi connectivity index (χ4v) is 2.59. The number of hydrogen-bond acceptors (Lipinski definition) is 4. The summed E-state index contributed by atoms with van der Waals surface area (Å²) in [6, 6.07) is 10.6. The van der Waals surface area contributed by atoms with Crippen LogP contribution in [-0.4, -0.2) is 56.5 Å². The molecule has 1 rings (SSSR count). The lowest BCUT2D eigenvalue weighted by atomic mass is 9.87. The summed E-state index contributed by atoms with van der Waals surface area (Å²) in [7, 11) is 3.65. The van der Waals surface area contributed by atoms with E-state index in [1.807, 2.05) is 25.2 Å². The smallest absolute Gasteiger partial charge is 0.0678 e. The Morgan fingerprint density at radius 2 is 1.90 bits per heavy atom. The zero-order valence-corrected chi connectivity index (χ0v) is 13.8. The second kappa shape index (κ2) is 9.15. The van der Waals surface area contributed by atoms with Crippen molar-refractivity contribution in [2.24, 2.45) is 0 Å². The fraction of sp³-hybridized carbons (Fsp3) is 0.647. The van der Waals surface area contributed by atoms with E-state index in [2.05, 4.69) is 36.2 Å². The van der Waals surface area contributed by atoms with Gasteiger partial charge in [-0.15, -0.1) is 0 Å². The molecule has 1 unspecified atom stereocenters. The van der Waals surface area contributed by atoms with Gasteiger partial charge in [0, 0.05) is 26.2 Å². The third-order valence-corrected chi connectivity index (χ3v) is 4.21. The Morgan fingerprint density at radius 3 is 2.38 bits per heavy atom. The molecule has 0 saturated carbocycles. The summed E-state index contributed by atoms with van der Waals surface area (Å²) in [5, 5.41) is 13.3. The number of nitrogens with one attached hydrogen (secondary N) is 1. The maximum atomic E-state index is 9.95. The van der Waals surface area contributed by atoms with Crippen LogP contribution in [0.2, 0.25) is 0 Å². The Balaban J connectivity index is 2.78. The van der Waals surface area contributed by atoms with Crippen molar-refractivity contribution < 1.29 is 9.84 Å². The van der Waals surface area contributed by atoms with Gasteiger partial charge in [-0.05, 0) is 32.9 Å². The summed E-state index contributed by atoms with van der Waals surface area (Å²) in [4.78, 5) is 2.38. The first kappa shape index (κ1) is 18.1. The molecular weight excluding hydrogens is 264 g/mol. The molecule has 2 N–H and O–H groups in total. The molecule has 0 saturated heterocycles. The van der Waals surface area contributed by atoms with Crippen molar-refractivity contribution in [2.45, 2.75) is 31.8 Å². The molecule has 0 amide bonds. The number of benzene rings is 1.